The van der Waals surface area contributed by atoms with Gasteiger partial charge in [0.05, 0.1) is 5.41 Å². The van der Waals surface area contributed by atoms with E-state index < -0.39 is 11.4 Å². The Morgan fingerprint density at radius 2 is 1.60 bits per heavy atom. The van der Waals surface area contributed by atoms with E-state index >= 15 is 0 Å². The Labute approximate surface area is 287 Å². The van der Waals surface area contributed by atoms with Gasteiger partial charge in [0.2, 0.25) is 5.91 Å². The molecular weight excluding hydrogens is 604 g/mol. The van der Waals surface area contributed by atoms with Gasteiger partial charge in [0, 0.05) is 18.4 Å². The summed E-state index contributed by atoms with van der Waals surface area (Å²) in [6.45, 7) is 18.6. The summed E-state index contributed by atoms with van der Waals surface area (Å²) in [5.74, 6) is -0.572. The van der Waals surface area contributed by atoms with Crippen molar-refractivity contribution in [3.05, 3.63) is 11.6 Å². The number of fused-ring (bicyclic) bond motifs is 10. The summed E-state index contributed by atoms with van der Waals surface area (Å²) >= 11 is 0. The van der Waals surface area contributed by atoms with Crippen molar-refractivity contribution in [2.24, 2.45) is 62.1 Å². The van der Waals surface area contributed by atoms with Gasteiger partial charge < -0.3 is 15.2 Å². The summed E-state index contributed by atoms with van der Waals surface area (Å²) in [7, 11) is 0. The number of hydrogen-bond donors (Lipinski definition) is 2. The molecular formula is C40H60N2O6. The van der Waals surface area contributed by atoms with Crippen LogP contribution in [-0.4, -0.2) is 65.9 Å². The first-order valence-corrected chi connectivity index (χ1v) is 19.1. The molecule has 3 heterocycles. The van der Waals surface area contributed by atoms with Crippen molar-refractivity contribution in [2.75, 3.05) is 26.2 Å². The van der Waals surface area contributed by atoms with E-state index in [1.54, 1.807) is 0 Å². The number of esters is 1. The fourth-order valence-corrected chi connectivity index (χ4v) is 13.4. The Hall–Kier alpha value is -2.22. The number of carbonyl (C=O) groups is 4. The molecule has 266 valence electrons. The highest BCUT2D eigenvalue weighted by atomic mass is 16.5. The van der Waals surface area contributed by atoms with Crippen molar-refractivity contribution < 1.29 is 29.0 Å². The monoisotopic (exact) mass is 664 g/mol. The highest BCUT2D eigenvalue weighted by Gasteiger charge is 2.70. The predicted molar refractivity (Wildman–Crippen MR) is 183 cm³/mol. The van der Waals surface area contributed by atoms with Crippen LogP contribution in [0.5, 0.6) is 0 Å². The van der Waals surface area contributed by atoms with E-state index in [1.165, 1.54) is 5.57 Å². The molecule has 8 rings (SSSR count). The molecule has 0 unspecified atom stereocenters. The number of carboxylic acids is 1. The van der Waals surface area contributed by atoms with Crippen molar-refractivity contribution in [1.29, 1.82) is 0 Å². The molecule has 0 aromatic heterocycles. The maximum Gasteiger partial charge on any atom is 0.325 e. The minimum absolute atomic E-state index is 0.0265. The number of ketones is 1. The fourth-order valence-electron chi connectivity index (χ4n) is 13.4. The zero-order valence-electron chi connectivity index (χ0n) is 30.6. The second-order valence-corrected chi connectivity index (χ2v) is 19.4. The number of rotatable bonds is 5. The van der Waals surface area contributed by atoms with Gasteiger partial charge in [-0.05, 0) is 142 Å². The van der Waals surface area contributed by atoms with Gasteiger partial charge in [-0.1, -0.05) is 47.1 Å². The second-order valence-electron chi connectivity index (χ2n) is 19.4. The van der Waals surface area contributed by atoms with Crippen LogP contribution in [0.25, 0.3) is 0 Å². The summed E-state index contributed by atoms with van der Waals surface area (Å²) in [6, 6.07) is 0. The van der Waals surface area contributed by atoms with Crippen LogP contribution in [0, 0.1) is 62.1 Å². The van der Waals surface area contributed by atoms with Gasteiger partial charge in [-0.15, -0.1) is 0 Å². The molecule has 48 heavy (non-hydrogen) atoms. The topological polar surface area (TPSA) is 113 Å². The Morgan fingerprint density at radius 1 is 0.917 bits per heavy atom. The molecule has 3 aliphatic heterocycles. The molecule has 8 heteroatoms. The molecule has 10 atom stereocenters. The molecule has 3 saturated heterocycles. The zero-order valence-corrected chi connectivity index (χ0v) is 30.6. The van der Waals surface area contributed by atoms with E-state index in [2.05, 4.69) is 51.8 Å². The van der Waals surface area contributed by atoms with Crippen molar-refractivity contribution in [3.63, 3.8) is 0 Å². The van der Waals surface area contributed by atoms with Gasteiger partial charge in [-0.25, -0.2) is 0 Å². The van der Waals surface area contributed by atoms with E-state index in [0.29, 0.717) is 25.2 Å². The van der Waals surface area contributed by atoms with Crippen LogP contribution < -0.4 is 5.32 Å². The number of nitrogens with zero attached hydrogens (tertiary/aromatic N) is 1. The van der Waals surface area contributed by atoms with E-state index in [0.717, 1.165) is 71.0 Å². The lowest BCUT2D eigenvalue weighted by atomic mass is 9.33. The molecule has 0 radical (unpaired) electrons. The van der Waals surface area contributed by atoms with Gasteiger partial charge in [-0.2, -0.15) is 0 Å². The highest BCUT2D eigenvalue weighted by Crippen LogP contribution is 2.75. The fraction of sp³-hybridized carbons (Fsp3) is 0.850. The summed E-state index contributed by atoms with van der Waals surface area (Å²) in [5, 5.41) is 13.2. The number of carboxylic acid groups (broad SMARTS) is 1. The highest BCUT2D eigenvalue weighted by molar-refractivity contribution is 5.96. The minimum Gasteiger partial charge on any atom is -0.481 e. The molecule has 0 aromatic carbocycles. The van der Waals surface area contributed by atoms with Crippen LogP contribution in [0.15, 0.2) is 11.6 Å². The van der Waals surface area contributed by atoms with Crippen LogP contribution in [-0.2, 0) is 23.9 Å². The Bertz CT molecular complexity index is 1430. The number of allylic oxidation sites excluding steroid dienone is 2. The number of piperidine rings is 3. The van der Waals surface area contributed by atoms with Gasteiger partial charge in [0.25, 0.3) is 0 Å². The summed E-state index contributed by atoms with van der Waals surface area (Å²) in [5.41, 5.74) is -0.518. The summed E-state index contributed by atoms with van der Waals surface area (Å²) in [6.07, 6.45) is 11.7. The van der Waals surface area contributed by atoms with Crippen LogP contribution in [0.2, 0.25) is 0 Å². The Balaban J connectivity index is 1.10. The van der Waals surface area contributed by atoms with Crippen LogP contribution in [0.4, 0.5) is 0 Å². The van der Waals surface area contributed by atoms with E-state index in [9.17, 15) is 24.3 Å². The first kappa shape index (κ1) is 34.2. The van der Waals surface area contributed by atoms with Crippen molar-refractivity contribution in [1.82, 2.24) is 10.2 Å². The van der Waals surface area contributed by atoms with E-state index in [1.807, 2.05) is 13.0 Å². The van der Waals surface area contributed by atoms with E-state index in [-0.39, 0.29) is 81.1 Å². The summed E-state index contributed by atoms with van der Waals surface area (Å²) < 4.78 is 5.85. The van der Waals surface area contributed by atoms with E-state index in [4.69, 9.17) is 4.74 Å². The third kappa shape index (κ3) is 4.83. The van der Waals surface area contributed by atoms with Crippen molar-refractivity contribution in [3.8, 4) is 0 Å². The second kappa shape index (κ2) is 11.1. The molecule has 4 saturated carbocycles. The first-order valence-electron chi connectivity index (χ1n) is 19.1. The third-order valence-electron chi connectivity index (χ3n) is 16.7. The number of ether oxygens (including phenoxy) is 1. The van der Waals surface area contributed by atoms with Gasteiger partial charge in [0.15, 0.2) is 5.78 Å². The number of nitrogens with one attached hydrogen (secondary N) is 1. The molecule has 8 nitrogen and oxygen atoms in total. The predicted octanol–water partition coefficient (Wildman–Crippen LogP) is 6.42. The quantitative estimate of drug-likeness (QED) is 0.326. The van der Waals surface area contributed by atoms with Crippen LogP contribution in [0.3, 0.4) is 0 Å². The van der Waals surface area contributed by atoms with Gasteiger partial charge >= 0.3 is 11.9 Å². The molecule has 1 amide bonds. The lowest BCUT2D eigenvalue weighted by molar-refractivity contribution is -0.195. The lowest BCUT2D eigenvalue weighted by Crippen LogP contribution is -2.66. The van der Waals surface area contributed by atoms with Crippen molar-refractivity contribution in [2.45, 2.75) is 125 Å². The zero-order chi connectivity index (χ0) is 34.7. The van der Waals surface area contributed by atoms with Gasteiger partial charge in [0.1, 0.15) is 12.6 Å². The first-order chi connectivity index (χ1) is 22.4. The lowest BCUT2D eigenvalue weighted by Gasteiger charge is -2.70. The average molecular weight is 665 g/mol. The maximum absolute atomic E-state index is 14.7. The molecule has 0 spiro atoms. The number of carbonyl (C=O) groups excluding carboxylic acids is 3. The Morgan fingerprint density at radius 3 is 2.25 bits per heavy atom. The molecule has 2 bridgehead atoms. The SMILES string of the molecule is CC1(C)[C@@H](C(=O)NCC(=O)O[C@H]2CN3CCC2CC3)CC[C@]2(C)[C@H]3C(=O)C=C4[C@@H]5C[C@@](C)(C(=O)O)CC[C@]5(C)CC[C@@]4(C)[C@]3(C)CC[C@@H]12. The Kier molecular flexibility index (Phi) is 7.95. The smallest absolute Gasteiger partial charge is 0.325 e. The van der Waals surface area contributed by atoms with Crippen molar-refractivity contribution >= 4 is 23.6 Å². The largest absolute Gasteiger partial charge is 0.481 e. The number of amides is 1. The molecule has 7 fully saturated rings. The minimum atomic E-state index is -0.763. The molecule has 0 aromatic rings. The normalized spacial score (nSPS) is 48.9. The maximum atomic E-state index is 14.7. The number of aliphatic carboxylic acids is 1. The molecule has 2 N–H and O–H groups in total. The molecule has 8 aliphatic rings. The average Bonchev–Trinajstić information content (AvgIpc) is 3.02. The van der Waals surface area contributed by atoms with Gasteiger partial charge in [-0.3, -0.25) is 24.1 Å². The summed E-state index contributed by atoms with van der Waals surface area (Å²) in [4.78, 5) is 56.1. The molecule has 5 aliphatic carbocycles. The number of hydrogen-bond acceptors (Lipinski definition) is 6. The standard InChI is InChI=1S/C40H60N2O6/c1-35(2)25(33(45)41-22-31(44)48-29-23-42-18-10-24(29)11-19-42)8-12-38(5)30(35)9-13-40(7)32(38)28(43)20-26-27-21-37(4,34(46)47)15-14-36(27,3)16-17-39(26,40)6/h20,24-25,27,29-30,32H,8-19,21-23H2,1-7H3,(H,41,45)(H,46,47)/t25-,27+,29+,30+,32-,36-,37+,38+,39-,40-/m1/s1. The van der Waals surface area contributed by atoms with Crippen LogP contribution in [0.1, 0.15) is 119 Å². The van der Waals surface area contributed by atoms with Crippen LogP contribution >= 0.6 is 0 Å². The third-order valence-corrected chi connectivity index (χ3v) is 16.7.